The second-order valence-corrected chi connectivity index (χ2v) is 17.9. The highest BCUT2D eigenvalue weighted by Gasteiger charge is 2.23. The number of hydrogen-bond acceptors (Lipinski definition) is 2. The van der Waals surface area contributed by atoms with Crippen LogP contribution in [0.2, 0.25) is 39.3 Å². The first-order valence-corrected chi connectivity index (χ1v) is 16.7. The van der Waals surface area contributed by atoms with Crippen molar-refractivity contribution in [3.63, 3.8) is 0 Å². The maximum Gasteiger partial charge on any atom is 0.242 e. The van der Waals surface area contributed by atoms with Crippen molar-refractivity contribution < 1.29 is 8.85 Å². The van der Waals surface area contributed by atoms with Crippen LogP contribution in [0.1, 0.15) is 11.1 Å². The summed E-state index contributed by atoms with van der Waals surface area (Å²) >= 11 is 0. The zero-order valence-corrected chi connectivity index (χ0v) is 20.3. The molecular weight excluding hydrogens is 376 g/mol. The molecule has 0 aliphatic carbocycles. The summed E-state index contributed by atoms with van der Waals surface area (Å²) < 4.78 is 12.9. The van der Waals surface area contributed by atoms with Crippen LogP contribution in [0.4, 0.5) is 0 Å². The molecule has 0 saturated heterocycles. The number of allylic oxidation sites excluding steroid dienone is 2. The first-order chi connectivity index (χ1) is 13.0. The van der Waals surface area contributed by atoms with E-state index in [0.29, 0.717) is 0 Å². The van der Waals surface area contributed by atoms with Gasteiger partial charge in [0, 0.05) is 11.1 Å². The summed E-state index contributed by atoms with van der Waals surface area (Å²) in [7, 11) is -3.52. The summed E-state index contributed by atoms with van der Waals surface area (Å²) in [6.45, 7) is 21.0. The van der Waals surface area contributed by atoms with Gasteiger partial charge in [0.1, 0.15) is 11.5 Å². The molecule has 2 nitrogen and oxygen atoms in total. The van der Waals surface area contributed by atoms with E-state index < -0.39 is 16.6 Å². The van der Waals surface area contributed by atoms with Crippen LogP contribution in [0.15, 0.2) is 61.7 Å². The van der Waals surface area contributed by atoms with Gasteiger partial charge in [-0.1, -0.05) is 24.3 Å². The Labute approximate surface area is 173 Å². The lowest BCUT2D eigenvalue weighted by Gasteiger charge is -2.26. The van der Waals surface area contributed by atoms with Crippen LogP contribution in [0, 0.1) is 0 Å². The van der Waals surface area contributed by atoms with Gasteiger partial charge in [0.15, 0.2) is 0 Å². The van der Waals surface area contributed by atoms with Crippen LogP contribution in [0.5, 0.6) is 11.5 Å². The Morgan fingerprint density at radius 3 is 1.32 bits per heavy atom. The van der Waals surface area contributed by atoms with E-state index in [1.807, 2.05) is 12.2 Å². The van der Waals surface area contributed by atoms with E-state index in [9.17, 15) is 0 Å². The first-order valence-electron chi connectivity index (χ1n) is 9.88. The fourth-order valence-corrected chi connectivity index (χ4v) is 4.68. The van der Waals surface area contributed by atoms with Crippen LogP contribution >= 0.6 is 0 Å². The van der Waals surface area contributed by atoms with Crippen LogP contribution in [0.3, 0.4) is 0 Å². The summed E-state index contributed by atoms with van der Waals surface area (Å²) in [6, 6.07) is 12.9. The maximum absolute atomic E-state index is 6.45. The Hall–Kier alpha value is -2.05. The van der Waals surface area contributed by atoms with E-state index in [0.717, 1.165) is 35.5 Å². The molecule has 0 radical (unpaired) electrons. The first kappa shape index (κ1) is 22.2. The predicted octanol–water partition coefficient (Wildman–Crippen LogP) is 7.24. The number of rotatable bonds is 9. The maximum atomic E-state index is 6.45. The molecule has 28 heavy (non-hydrogen) atoms. The molecule has 4 heteroatoms. The minimum absolute atomic E-state index is 0.830. The van der Waals surface area contributed by atoms with Gasteiger partial charge in [0.25, 0.3) is 0 Å². The Balaban J connectivity index is 2.70. The highest BCUT2D eigenvalue weighted by Crippen LogP contribution is 2.40. The minimum atomic E-state index is -1.76. The zero-order valence-electron chi connectivity index (χ0n) is 18.3. The van der Waals surface area contributed by atoms with Crippen LogP contribution in [-0.2, 0) is 12.8 Å². The molecule has 0 aliphatic heterocycles. The lowest BCUT2D eigenvalue weighted by Crippen LogP contribution is -2.30. The van der Waals surface area contributed by atoms with Gasteiger partial charge < -0.3 is 8.85 Å². The van der Waals surface area contributed by atoms with Gasteiger partial charge in [-0.3, -0.25) is 0 Å². The van der Waals surface area contributed by atoms with E-state index in [4.69, 9.17) is 8.85 Å². The molecular formula is C24H34O2Si2. The third kappa shape index (κ3) is 6.53. The molecule has 0 bridgehead atoms. The molecule has 0 unspecified atom stereocenters. The Kier molecular flexibility index (Phi) is 7.13. The van der Waals surface area contributed by atoms with E-state index in [1.165, 1.54) is 11.1 Å². The zero-order chi connectivity index (χ0) is 20.9. The van der Waals surface area contributed by atoms with Crippen molar-refractivity contribution in [1.29, 1.82) is 0 Å². The SMILES string of the molecule is C=CCc1ccc(O[Si](C)(C)C)c(-c2cc(CC=C)ccc2O[Si](C)(C)C)c1. The van der Waals surface area contributed by atoms with E-state index in [2.05, 4.69) is 88.8 Å². The van der Waals surface area contributed by atoms with Gasteiger partial charge in [0.2, 0.25) is 16.6 Å². The lowest BCUT2D eigenvalue weighted by atomic mass is 9.97. The molecule has 2 aromatic rings. The average molecular weight is 411 g/mol. The fourth-order valence-electron chi connectivity index (χ4n) is 3.00. The number of benzene rings is 2. The third-order valence-corrected chi connectivity index (χ3v) is 5.64. The van der Waals surface area contributed by atoms with Gasteiger partial charge in [-0.25, -0.2) is 0 Å². The Bertz CT molecular complexity index is 771. The van der Waals surface area contributed by atoms with E-state index >= 15 is 0 Å². The quantitative estimate of drug-likeness (QED) is 0.320. The highest BCUT2D eigenvalue weighted by molar-refractivity contribution is 6.70. The molecule has 2 rings (SSSR count). The van der Waals surface area contributed by atoms with Crippen LogP contribution in [-0.4, -0.2) is 16.6 Å². The van der Waals surface area contributed by atoms with Gasteiger partial charge in [0.05, 0.1) is 0 Å². The Morgan fingerprint density at radius 1 is 0.679 bits per heavy atom. The minimum Gasteiger partial charge on any atom is -0.544 e. The molecule has 0 saturated carbocycles. The monoisotopic (exact) mass is 410 g/mol. The fraction of sp³-hybridized carbons (Fsp3) is 0.333. The van der Waals surface area contributed by atoms with Gasteiger partial charge in [-0.15, -0.1) is 13.2 Å². The topological polar surface area (TPSA) is 18.5 Å². The molecule has 0 N–H and O–H groups in total. The van der Waals surface area contributed by atoms with Crippen molar-refractivity contribution in [3.8, 4) is 22.6 Å². The third-order valence-electron chi connectivity index (χ3n) is 3.97. The van der Waals surface area contributed by atoms with E-state index in [-0.39, 0.29) is 0 Å². The summed E-state index contributed by atoms with van der Waals surface area (Å²) in [5.74, 6) is 1.87. The number of hydrogen-bond donors (Lipinski definition) is 0. The summed E-state index contributed by atoms with van der Waals surface area (Å²) in [5, 5.41) is 0. The molecule has 2 aromatic carbocycles. The molecule has 0 atom stereocenters. The summed E-state index contributed by atoms with van der Waals surface area (Å²) in [5.41, 5.74) is 4.64. The van der Waals surface area contributed by atoms with Gasteiger partial charge >= 0.3 is 0 Å². The molecule has 0 fully saturated rings. The predicted molar refractivity (Wildman–Crippen MR) is 128 cm³/mol. The standard InChI is InChI=1S/C24H34O2Si2/c1-9-11-19-13-15-23(25-27(3,4)5)21(17-19)22-18-20(12-10-2)14-16-24(22)26-28(6,7)8/h9-10,13-18H,1-2,11-12H2,3-8H3. The molecule has 150 valence electrons. The van der Waals surface area contributed by atoms with E-state index in [1.54, 1.807) is 0 Å². The average Bonchev–Trinajstić information content (AvgIpc) is 2.56. The van der Waals surface area contributed by atoms with Gasteiger partial charge in [-0.2, -0.15) is 0 Å². The van der Waals surface area contributed by atoms with Crippen molar-refractivity contribution >= 4 is 16.6 Å². The molecule has 0 aromatic heterocycles. The second kappa shape index (κ2) is 8.97. The summed E-state index contributed by atoms with van der Waals surface area (Å²) in [6.07, 6.45) is 5.53. The van der Waals surface area contributed by atoms with Crippen LogP contribution in [0.25, 0.3) is 11.1 Å². The normalized spacial score (nSPS) is 11.8. The molecule has 0 aliphatic rings. The van der Waals surface area contributed by atoms with Crippen molar-refractivity contribution in [2.45, 2.75) is 52.1 Å². The second-order valence-electron chi connectivity index (χ2n) is 9.08. The highest BCUT2D eigenvalue weighted by atomic mass is 28.4. The summed E-state index contributed by atoms with van der Waals surface area (Å²) in [4.78, 5) is 0. The smallest absolute Gasteiger partial charge is 0.242 e. The van der Waals surface area contributed by atoms with Crippen molar-refractivity contribution in [2.75, 3.05) is 0 Å². The molecule has 0 spiro atoms. The molecule has 0 heterocycles. The van der Waals surface area contributed by atoms with Crippen molar-refractivity contribution in [1.82, 2.24) is 0 Å². The lowest BCUT2D eigenvalue weighted by molar-refractivity contribution is 0.551. The largest absolute Gasteiger partial charge is 0.544 e. The van der Waals surface area contributed by atoms with Gasteiger partial charge in [-0.05, 0) is 87.5 Å². The van der Waals surface area contributed by atoms with Crippen LogP contribution < -0.4 is 8.85 Å². The molecule has 0 amide bonds. The van der Waals surface area contributed by atoms with Crippen molar-refractivity contribution in [2.24, 2.45) is 0 Å². The Morgan fingerprint density at radius 2 is 1.04 bits per heavy atom. The van der Waals surface area contributed by atoms with Crippen molar-refractivity contribution in [3.05, 3.63) is 72.8 Å².